The van der Waals surface area contributed by atoms with Crippen molar-refractivity contribution in [3.8, 4) is 11.5 Å². The van der Waals surface area contributed by atoms with E-state index in [4.69, 9.17) is 4.74 Å². The van der Waals surface area contributed by atoms with Crippen LogP contribution in [0, 0.1) is 0 Å². The molecule has 0 radical (unpaired) electrons. The number of rotatable bonds is 4. The van der Waals surface area contributed by atoms with Crippen LogP contribution in [0.1, 0.15) is 24.9 Å². The number of phenolic OH excluding ortho intramolecular Hbond substituents is 1. The Morgan fingerprint density at radius 3 is 2.70 bits per heavy atom. The molecule has 1 aromatic rings. The van der Waals surface area contributed by atoms with Gasteiger partial charge in [-0.25, -0.2) is 0 Å². The largest absolute Gasteiger partial charge is 0.508 e. The second kappa shape index (κ2) is 5.50. The number of phenols is 1. The summed E-state index contributed by atoms with van der Waals surface area (Å²) in [5.41, 5.74) is 0.624. The minimum atomic E-state index is -0.548. The highest BCUT2D eigenvalue weighted by Gasteiger charge is 2.36. The summed E-state index contributed by atoms with van der Waals surface area (Å²) in [5.74, 6) is 0.298. The number of carbonyl (C=O) groups excluding carboxylic acids is 2. The van der Waals surface area contributed by atoms with E-state index >= 15 is 0 Å². The van der Waals surface area contributed by atoms with E-state index in [0.29, 0.717) is 11.3 Å². The number of ether oxygens (including phenoxy) is 1. The molecule has 2 unspecified atom stereocenters. The van der Waals surface area contributed by atoms with Crippen LogP contribution < -0.4 is 10.1 Å². The lowest BCUT2D eigenvalue weighted by Crippen LogP contribution is -2.38. The van der Waals surface area contributed by atoms with Crippen LogP contribution in [0.3, 0.4) is 0 Å². The predicted octanol–water partition coefficient (Wildman–Crippen LogP) is 0.809. The number of hydrogen-bond acceptors (Lipinski definition) is 5. The molecule has 0 bridgehead atoms. The highest BCUT2D eigenvalue weighted by Crippen LogP contribution is 2.29. The number of amides is 2. The predicted molar refractivity (Wildman–Crippen MR) is 72.4 cm³/mol. The molecule has 0 spiro atoms. The number of imide groups is 1. The van der Waals surface area contributed by atoms with Crippen molar-refractivity contribution in [2.24, 2.45) is 0 Å². The van der Waals surface area contributed by atoms with Crippen LogP contribution in [-0.2, 0) is 9.59 Å². The van der Waals surface area contributed by atoms with Crippen LogP contribution in [0.2, 0.25) is 0 Å². The first kappa shape index (κ1) is 14.3. The minimum Gasteiger partial charge on any atom is -0.508 e. The standard InChI is InChI=1S/C14H18N2O4/c1-8(10-6-9(20-3)4-5-12(10)17)15-11-7-13(18)16(2)14(11)19/h4-6,8,11,15,17H,7H2,1-3H3. The van der Waals surface area contributed by atoms with Gasteiger partial charge in [-0.3, -0.25) is 19.8 Å². The van der Waals surface area contributed by atoms with Gasteiger partial charge >= 0.3 is 0 Å². The first-order valence-electron chi connectivity index (χ1n) is 6.37. The zero-order valence-electron chi connectivity index (χ0n) is 11.7. The van der Waals surface area contributed by atoms with Crippen LogP contribution in [0.25, 0.3) is 0 Å². The van der Waals surface area contributed by atoms with Gasteiger partial charge in [-0.1, -0.05) is 0 Å². The van der Waals surface area contributed by atoms with Gasteiger partial charge in [-0.2, -0.15) is 0 Å². The minimum absolute atomic E-state index is 0.121. The van der Waals surface area contributed by atoms with Crippen molar-refractivity contribution < 1.29 is 19.4 Å². The third-order valence-corrected chi connectivity index (χ3v) is 3.53. The van der Waals surface area contributed by atoms with Crippen molar-refractivity contribution in [2.45, 2.75) is 25.4 Å². The number of likely N-dealkylation sites (tertiary alicyclic amines) is 1. The first-order chi connectivity index (χ1) is 9.43. The number of aromatic hydroxyl groups is 1. The summed E-state index contributed by atoms with van der Waals surface area (Å²) in [5, 5.41) is 13.0. The average molecular weight is 278 g/mol. The molecule has 1 aliphatic heterocycles. The quantitative estimate of drug-likeness (QED) is 0.797. The SMILES string of the molecule is COc1ccc(O)c(C(C)NC2CC(=O)N(C)C2=O)c1. The Labute approximate surface area is 117 Å². The summed E-state index contributed by atoms with van der Waals surface area (Å²) >= 11 is 0. The molecule has 1 aromatic carbocycles. The Balaban J connectivity index is 2.14. The Hall–Kier alpha value is -2.08. The lowest BCUT2D eigenvalue weighted by molar-refractivity contribution is -0.137. The molecule has 6 heteroatoms. The van der Waals surface area contributed by atoms with Crippen LogP contribution in [0.5, 0.6) is 11.5 Å². The van der Waals surface area contributed by atoms with E-state index in [2.05, 4.69) is 5.32 Å². The summed E-state index contributed by atoms with van der Waals surface area (Å²) < 4.78 is 5.12. The van der Waals surface area contributed by atoms with Crippen molar-refractivity contribution in [2.75, 3.05) is 14.2 Å². The molecule has 20 heavy (non-hydrogen) atoms. The van der Waals surface area contributed by atoms with Crippen molar-refractivity contribution >= 4 is 11.8 Å². The summed E-state index contributed by atoms with van der Waals surface area (Å²) in [6.45, 7) is 1.82. The number of methoxy groups -OCH3 is 1. The third-order valence-electron chi connectivity index (χ3n) is 3.53. The molecule has 1 saturated heterocycles. The lowest BCUT2D eigenvalue weighted by Gasteiger charge is -2.19. The van der Waals surface area contributed by atoms with Crippen LogP contribution in [0.4, 0.5) is 0 Å². The van der Waals surface area contributed by atoms with Crippen molar-refractivity contribution in [3.05, 3.63) is 23.8 Å². The second-order valence-corrected chi connectivity index (χ2v) is 4.86. The molecule has 0 aliphatic carbocycles. The first-order valence-corrected chi connectivity index (χ1v) is 6.37. The number of likely N-dealkylation sites (N-methyl/N-ethyl adjacent to an activating group) is 1. The molecular weight excluding hydrogens is 260 g/mol. The number of nitrogens with one attached hydrogen (secondary N) is 1. The van der Waals surface area contributed by atoms with Crippen molar-refractivity contribution in [3.63, 3.8) is 0 Å². The Kier molecular flexibility index (Phi) is 3.94. The fraction of sp³-hybridized carbons (Fsp3) is 0.429. The van der Waals surface area contributed by atoms with Gasteiger partial charge in [0.15, 0.2) is 0 Å². The fourth-order valence-electron chi connectivity index (χ4n) is 2.28. The van der Waals surface area contributed by atoms with E-state index < -0.39 is 6.04 Å². The molecular formula is C14H18N2O4. The van der Waals surface area contributed by atoms with Gasteiger partial charge in [0, 0.05) is 18.7 Å². The van der Waals surface area contributed by atoms with Crippen molar-refractivity contribution in [1.82, 2.24) is 10.2 Å². The summed E-state index contributed by atoms with van der Waals surface area (Å²) in [4.78, 5) is 24.4. The number of carbonyl (C=O) groups is 2. The van der Waals surface area contributed by atoms with Gasteiger partial charge in [0.05, 0.1) is 19.6 Å². The third kappa shape index (κ3) is 2.60. The smallest absolute Gasteiger partial charge is 0.246 e. The van der Waals surface area contributed by atoms with Crippen LogP contribution in [-0.4, -0.2) is 42.0 Å². The van der Waals surface area contributed by atoms with Gasteiger partial charge in [-0.15, -0.1) is 0 Å². The van der Waals surface area contributed by atoms with E-state index in [0.717, 1.165) is 4.90 Å². The molecule has 0 aromatic heterocycles. The fourth-order valence-corrected chi connectivity index (χ4v) is 2.28. The van der Waals surface area contributed by atoms with E-state index in [-0.39, 0.29) is 30.0 Å². The van der Waals surface area contributed by atoms with Crippen molar-refractivity contribution in [1.29, 1.82) is 0 Å². The number of nitrogens with zero attached hydrogens (tertiary/aromatic N) is 1. The molecule has 108 valence electrons. The van der Waals surface area contributed by atoms with Crippen LogP contribution >= 0.6 is 0 Å². The molecule has 2 rings (SSSR count). The van der Waals surface area contributed by atoms with E-state index in [1.54, 1.807) is 25.3 Å². The van der Waals surface area contributed by atoms with Gasteiger partial charge in [0.2, 0.25) is 11.8 Å². The van der Waals surface area contributed by atoms with Gasteiger partial charge in [-0.05, 0) is 25.1 Å². The maximum absolute atomic E-state index is 11.8. The second-order valence-electron chi connectivity index (χ2n) is 4.86. The Morgan fingerprint density at radius 1 is 1.45 bits per heavy atom. The topological polar surface area (TPSA) is 78.9 Å². The van der Waals surface area contributed by atoms with Gasteiger partial charge in [0.1, 0.15) is 11.5 Å². The van der Waals surface area contributed by atoms with Gasteiger partial charge < -0.3 is 9.84 Å². The monoisotopic (exact) mass is 278 g/mol. The summed E-state index contributed by atoms with van der Waals surface area (Å²) in [7, 11) is 3.02. The van der Waals surface area contributed by atoms with E-state index in [1.165, 1.54) is 7.05 Å². The molecule has 2 N–H and O–H groups in total. The molecule has 2 atom stereocenters. The zero-order chi connectivity index (χ0) is 14.9. The molecule has 0 saturated carbocycles. The zero-order valence-corrected chi connectivity index (χ0v) is 11.7. The molecule has 1 fully saturated rings. The maximum atomic E-state index is 11.8. The molecule has 2 amide bonds. The normalized spacial score (nSPS) is 20.4. The summed E-state index contributed by atoms with van der Waals surface area (Å²) in [6.07, 6.45) is 0.143. The highest BCUT2D eigenvalue weighted by molar-refractivity contribution is 6.05. The molecule has 1 aliphatic rings. The average Bonchev–Trinajstić information content (AvgIpc) is 2.67. The summed E-state index contributed by atoms with van der Waals surface area (Å²) in [6, 6.07) is 4.08. The maximum Gasteiger partial charge on any atom is 0.246 e. The lowest BCUT2D eigenvalue weighted by atomic mass is 10.1. The van der Waals surface area contributed by atoms with Crippen LogP contribution in [0.15, 0.2) is 18.2 Å². The van der Waals surface area contributed by atoms with E-state index in [1.807, 2.05) is 6.92 Å². The van der Waals surface area contributed by atoms with Gasteiger partial charge in [0.25, 0.3) is 0 Å². The Morgan fingerprint density at radius 2 is 2.15 bits per heavy atom. The molecule has 6 nitrogen and oxygen atoms in total. The number of benzene rings is 1. The molecule has 1 heterocycles. The van der Waals surface area contributed by atoms with E-state index in [9.17, 15) is 14.7 Å². The highest BCUT2D eigenvalue weighted by atomic mass is 16.5. The number of hydrogen-bond donors (Lipinski definition) is 2. The Bertz CT molecular complexity index is 544.